The molecule has 0 atom stereocenters. The molecule has 3 heterocycles. The predicted octanol–water partition coefficient (Wildman–Crippen LogP) is 2.85. The Balaban J connectivity index is 1.74. The number of likely N-dealkylation sites (tertiary alicyclic amines) is 1. The summed E-state index contributed by atoms with van der Waals surface area (Å²) >= 11 is 0. The molecule has 0 bridgehead atoms. The van der Waals surface area contributed by atoms with E-state index in [1.54, 1.807) is 18.3 Å². The molecule has 0 spiro atoms. The summed E-state index contributed by atoms with van der Waals surface area (Å²) in [7, 11) is 0. The lowest BCUT2D eigenvalue weighted by molar-refractivity contribution is 0.0711. The molecule has 0 saturated carbocycles. The first-order valence-corrected chi connectivity index (χ1v) is 9.48. The Bertz CT molecular complexity index is 1050. The molecule has 1 aromatic carbocycles. The topological polar surface area (TPSA) is 82.2 Å². The molecule has 0 amide bonds. The highest BCUT2D eigenvalue weighted by Gasteiger charge is 2.25. The molecule has 0 aliphatic carbocycles. The predicted molar refractivity (Wildman–Crippen MR) is 107 cm³/mol. The molecule has 3 aromatic rings. The van der Waals surface area contributed by atoms with Gasteiger partial charge in [-0.25, -0.2) is 0 Å². The smallest absolute Gasteiger partial charge is 0.180 e. The van der Waals surface area contributed by atoms with Crippen molar-refractivity contribution in [2.45, 2.75) is 25.9 Å². The monoisotopic (exact) mass is 374 g/mol. The third-order valence-electron chi connectivity index (χ3n) is 5.42. The molecule has 28 heavy (non-hydrogen) atoms. The normalized spacial score (nSPS) is 15.6. The van der Waals surface area contributed by atoms with E-state index in [2.05, 4.69) is 16.0 Å². The summed E-state index contributed by atoms with van der Waals surface area (Å²) in [5.41, 5.74) is 4.56. The van der Waals surface area contributed by atoms with Crippen LogP contribution in [0.25, 0.3) is 16.7 Å². The van der Waals surface area contributed by atoms with Crippen LogP contribution in [0.4, 0.5) is 0 Å². The first kappa shape index (κ1) is 18.4. The molecule has 6 nitrogen and oxygen atoms in total. The number of carbonyl (C=O) groups excluding carboxylic acids is 1. The summed E-state index contributed by atoms with van der Waals surface area (Å²) in [6.07, 6.45) is 2.86. The Morgan fingerprint density at radius 3 is 2.64 bits per heavy atom. The van der Waals surface area contributed by atoms with Gasteiger partial charge in [0.2, 0.25) is 0 Å². The summed E-state index contributed by atoms with van der Waals surface area (Å²) in [4.78, 5) is 19.8. The number of piperidine rings is 1. The molecular weight excluding hydrogens is 352 g/mol. The Morgan fingerprint density at radius 1 is 1.25 bits per heavy atom. The van der Waals surface area contributed by atoms with E-state index >= 15 is 0 Å². The van der Waals surface area contributed by atoms with E-state index in [0.717, 1.165) is 30.0 Å². The van der Waals surface area contributed by atoms with E-state index in [0.29, 0.717) is 36.0 Å². The molecule has 1 aliphatic rings. The second-order valence-electron chi connectivity index (χ2n) is 7.26. The summed E-state index contributed by atoms with van der Waals surface area (Å²) in [5.74, 6) is 0.0463. The molecule has 1 fully saturated rings. The number of ketones is 1. The number of benzene rings is 1. The van der Waals surface area contributed by atoms with Crippen LogP contribution >= 0.6 is 0 Å². The SMILES string of the molecule is Cc1c(C(=O)CN2CCC(O)CC2)c2ncccc2n1-c1ccc(C#N)cc1. The lowest BCUT2D eigenvalue weighted by Gasteiger charge is -2.28. The highest BCUT2D eigenvalue weighted by molar-refractivity contribution is 6.09. The van der Waals surface area contributed by atoms with Crippen LogP contribution in [0.2, 0.25) is 0 Å². The van der Waals surface area contributed by atoms with Gasteiger partial charge in [-0.05, 0) is 56.2 Å². The van der Waals surface area contributed by atoms with E-state index in [9.17, 15) is 9.90 Å². The zero-order chi connectivity index (χ0) is 19.7. The fraction of sp³-hybridized carbons (Fsp3) is 0.318. The molecular formula is C22H22N4O2. The van der Waals surface area contributed by atoms with Crippen molar-refractivity contribution in [1.29, 1.82) is 5.26 Å². The molecule has 2 aromatic heterocycles. The lowest BCUT2D eigenvalue weighted by Crippen LogP contribution is -2.39. The number of aliphatic hydroxyl groups excluding tert-OH is 1. The van der Waals surface area contributed by atoms with Crippen LogP contribution in [0.1, 0.15) is 34.5 Å². The van der Waals surface area contributed by atoms with Gasteiger partial charge in [0, 0.05) is 30.7 Å². The van der Waals surface area contributed by atoms with E-state index in [1.165, 1.54) is 0 Å². The third kappa shape index (κ3) is 3.31. The van der Waals surface area contributed by atoms with Crippen LogP contribution in [0, 0.1) is 18.3 Å². The number of carbonyl (C=O) groups is 1. The number of aliphatic hydroxyl groups is 1. The number of rotatable bonds is 4. The molecule has 1 saturated heterocycles. The van der Waals surface area contributed by atoms with Crippen LogP contribution in [-0.2, 0) is 0 Å². The zero-order valence-electron chi connectivity index (χ0n) is 15.8. The highest BCUT2D eigenvalue weighted by atomic mass is 16.3. The maximum Gasteiger partial charge on any atom is 0.180 e. The summed E-state index contributed by atoms with van der Waals surface area (Å²) in [5, 5.41) is 18.7. The Kier molecular flexibility index (Phi) is 4.95. The van der Waals surface area contributed by atoms with Gasteiger partial charge in [0.05, 0.1) is 40.9 Å². The van der Waals surface area contributed by atoms with Crippen molar-refractivity contribution in [1.82, 2.24) is 14.5 Å². The zero-order valence-corrected chi connectivity index (χ0v) is 15.8. The van der Waals surface area contributed by atoms with Gasteiger partial charge in [-0.2, -0.15) is 5.26 Å². The lowest BCUT2D eigenvalue weighted by atomic mass is 10.1. The van der Waals surface area contributed by atoms with Gasteiger partial charge in [-0.3, -0.25) is 14.7 Å². The van der Waals surface area contributed by atoms with Crippen molar-refractivity contribution in [3.63, 3.8) is 0 Å². The van der Waals surface area contributed by atoms with E-state index < -0.39 is 0 Å². The maximum absolute atomic E-state index is 13.2. The van der Waals surface area contributed by atoms with Crippen molar-refractivity contribution >= 4 is 16.8 Å². The number of nitriles is 1. The van der Waals surface area contributed by atoms with Gasteiger partial charge in [-0.1, -0.05) is 0 Å². The third-order valence-corrected chi connectivity index (χ3v) is 5.42. The van der Waals surface area contributed by atoms with Crippen molar-refractivity contribution in [2.75, 3.05) is 19.6 Å². The Morgan fingerprint density at radius 2 is 1.96 bits per heavy atom. The molecule has 0 unspecified atom stereocenters. The van der Waals surface area contributed by atoms with Crippen LogP contribution in [0.3, 0.4) is 0 Å². The van der Waals surface area contributed by atoms with Crippen molar-refractivity contribution in [3.8, 4) is 11.8 Å². The quantitative estimate of drug-likeness (QED) is 0.710. The number of Topliss-reactive ketones (excluding diaryl/α,β-unsaturated/α-hetero) is 1. The van der Waals surface area contributed by atoms with Gasteiger partial charge < -0.3 is 9.67 Å². The van der Waals surface area contributed by atoms with Crippen molar-refractivity contribution < 1.29 is 9.90 Å². The number of pyridine rings is 1. The number of hydrogen-bond acceptors (Lipinski definition) is 5. The largest absolute Gasteiger partial charge is 0.393 e. The average Bonchev–Trinajstić information content (AvgIpc) is 3.01. The minimum Gasteiger partial charge on any atom is -0.393 e. The molecule has 1 N–H and O–H groups in total. The van der Waals surface area contributed by atoms with E-state index in [4.69, 9.17) is 5.26 Å². The average molecular weight is 374 g/mol. The van der Waals surface area contributed by atoms with Crippen molar-refractivity contribution in [2.24, 2.45) is 0 Å². The van der Waals surface area contributed by atoms with Gasteiger partial charge in [0.15, 0.2) is 5.78 Å². The molecule has 4 rings (SSSR count). The first-order chi connectivity index (χ1) is 13.6. The van der Waals surface area contributed by atoms with Crippen molar-refractivity contribution in [3.05, 3.63) is 59.4 Å². The van der Waals surface area contributed by atoms with Crippen LogP contribution in [0.5, 0.6) is 0 Å². The van der Waals surface area contributed by atoms with Crippen LogP contribution in [0.15, 0.2) is 42.6 Å². The summed E-state index contributed by atoms with van der Waals surface area (Å²) < 4.78 is 2.02. The number of fused-ring (bicyclic) bond motifs is 1. The molecule has 0 radical (unpaired) electrons. The fourth-order valence-corrected chi connectivity index (χ4v) is 3.94. The molecule has 1 aliphatic heterocycles. The number of aromatic nitrogens is 2. The highest BCUT2D eigenvalue weighted by Crippen LogP contribution is 2.28. The number of nitrogens with zero attached hydrogens (tertiary/aromatic N) is 4. The van der Waals surface area contributed by atoms with Gasteiger partial charge in [-0.15, -0.1) is 0 Å². The second-order valence-corrected chi connectivity index (χ2v) is 7.26. The summed E-state index contributed by atoms with van der Waals surface area (Å²) in [6.45, 7) is 3.73. The van der Waals surface area contributed by atoms with E-state index in [-0.39, 0.29) is 11.9 Å². The summed E-state index contributed by atoms with van der Waals surface area (Å²) in [6, 6.07) is 13.3. The second kappa shape index (κ2) is 7.55. The van der Waals surface area contributed by atoms with Crippen LogP contribution < -0.4 is 0 Å². The molecule has 6 heteroatoms. The van der Waals surface area contributed by atoms with Gasteiger partial charge in [0.1, 0.15) is 0 Å². The van der Waals surface area contributed by atoms with Gasteiger partial charge >= 0.3 is 0 Å². The number of hydrogen-bond donors (Lipinski definition) is 1. The standard InChI is InChI=1S/C22H22N4O2/c1-15-21(20(28)14-25-11-8-18(27)9-12-25)22-19(3-2-10-24-22)26(15)17-6-4-16(13-23)5-7-17/h2-7,10,18,27H,8-9,11-12,14H2,1H3. The Hall–Kier alpha value is -3.01. The van der Waals surface area contributed by atoms with E-state index in [1.807, 2.05) is 35.8 Å². The fourth-order valence-electron chi connectivity index (χ4n) is 3.94. The molecule has 142 valence electrons. The minimum atomic E-state index is -0.256. The van der Waals surface area contributed by atoms with Gasteiger partial charge in [0.25, 0.3) is 0 Å². The minimum absolute atomic E-state index is 0.0463. The maximum atomic E-state index is 13.2. The first-order valence-electron chi connectivity index (χ1n) is 9.48. The van der Waals surface area contributed by atoms with Crippen LogP contribution in [-0.4, -0.2) is 51.1 Å². The Labute approximate surface area is 163 Å².